The Labute approximate surface area is 152 Å². The van der Waals surface area contributed by atoms with Crippen LogP contribution in [0.25, 0.3) is 10.9 Å². The quantitative estimate of drug-likeness (QED) is 0.420. The van der Waals surface area contributed by atoms with E-state index in [2.05, 4.69) is 59.4 Å². The lowest BCUT2D eigenvalue weighted by Crippen LogP contribution is -2.16. The van der Waals surface area contributed by atoms with E-state index in [-0.39, 0.29) is 6.61 Å². The third kappa shape index (κ3) is 4.95. The van der Waals surface area contributed by atoms with Gasteiger partial charge >= 0.3 is 0 Å². The molecule has 25 heavy (non-hydrogen) atoms. The van der Waals surface area contributed by atoms with Crippen molar-refractivity contribution in [3.63, 3.8) is 0 Å². The van der Waals surface area contributed by atoms with Gasteiger partial charge in [0.2, 0.25) is 0 Å². The number of aliphatic hydroxyl groups is 1. The van der Waals surface area contributed by atoms with Crippen LogP contribution >= 0.6 is 11.9 Å². The van der Waals surface area contributed by atoms with Gasteiger partial charge in [-0.2, -0.15) is 0 Å². The van der Waals surface area contributed by atoms with Crippen LogP contribution in [0, 0.1) is 6.92 Å². The topological polar surface area (TPSA) is 57.2 Å². The third-order valence-corrected chi connectivity index (χ3v) is 4.73. The Morgan fingerprint density at radius 2 is 1.88 bits per heavy atom. The number of rotatable bonds is 8. The summed E-state index contributed by atoms with van der Waals surface area (Å²) in [6.07, 6.45) is 0.758. The molecule has 0 saturated heterocycles. The zero-order valence-electron chi connectivity index (χ0n) is 14.3. The maximum Gasteiger partial charge on any atom is 0.0945 e. The van der Waals surface area contributed by atoms with Crippen LogP contribution in [0.4, 0.5) is 5.69 Å². The Hall–Kier alpha value is -2.08. The summed E-state index contributed by atoms with van der Waals surface area (Å²) in [5.41, 5.74) is 4.25. The molecule has 0 amide bonds. The van der Waals surface area contributed by atoms with E-state index in [0.29, 0.717) is 6.54 Å². The lowest BCUT2D eigenvalue weighted by molar-refractivity contribution is 0.286. The summed E-state index contributed by atoms with van der Waals surface area (Å²) < 4.78 is 3.43. The fraction of sp³-hybridized carbons (Fsp3) is 0.250. The summed E-state index contributed by atoms with van der Waals surface area (Å²) in [4.78, 5) is 5.97. The standard InChI is InChI=1S/C20H23N3OS/c1-15-6-10-18(11-7-15)25-23-19-5-2-4-16-8-9-17(22-20(16)19)14-21-12-3-13-24/h2,4-11,21,23-24H,3,12-14H2,1H3. The van der Waals surface area contributed by atoms with Gasteiger partial charge in [0.05, 0.1) is 16.9 Å². The number of aromatic nitrogens is 1. The first kappa shape index (κ1) is 17.7. The van der Waals surface area contributed by atoms with Gasteiger partial charge in [0.25, 0.3) is 0 Å². The predicted octanol–water partition coefficient (Wildman–Crippen LogP) is 4.13. The largest absolute Gasteiger partial charge is 0.396 e. The number of hydrogen-bond acceptors (Lipinski definition) is 5. The molecule has 3 rings (SSSR count). The minimum atomic E-state index is 0.211. The van der Waals surface area contributed by atoms with E-state index >= 15 is 0 Å². The highest BCUT2D eigenvalue weighted by molar-refractivity contribution is 8.00. The Bertz CT molecular complexity index is 821. The van der Waals surface area contributed by atoms with E-state index in [1.54, 1.807) is 11.9 Å². The van der Waals surface area contributed by atoms with Crippen molar-refractivity contribution in [3.05, 3.63) is 65.9 Å². The van der Waals surface area contributed by atoms with Crippen LogP contribution in [0.2, 0.25) is 0 Å². The molecule has 130 valence electrons. The zero-order chi connectivity index (χ0) is 17.5. The zero-order valence-corrected chi connectivity index (χ0v) is 15.1. The van der Waals surface area contributed by atoms with E-state index < -0.39 is 0 Å². The minimum Gasteiger partial charge on any atom is -0.396 e. The summed E-state index contributed by atoms with van der Waals surface area (Å²) in [5, 5.41) is 13.3. The molecule has 2 aromatic carbocycles. The number of pyridine rings is 1. The molecule has 0 fully saturated rings. The van der Waals surface area contributed by atoms with Gasteiger partial charge in [-0.25, -0.2) is 4.98 Å². The number of benzene rings is 2. The predicted molar refractivity (Wildman–Crippen MR) is 106 cm³/mol. The lowest BCUT2D eigenvalue weighted by atomic mass is 10.2. The highest BCUT2D eigenvalue weighted by Gasteiger charge is 2.05. The van der Waals surface area contributed by atoms with E-state index in [9.17, 15) is 0 Å². The fourth-order valence-electron chi connectivity index (χ4n) is 2.51. The van der Waals surface area contributed by atoms with Crippen LogP contribution < -0.4 is 10.0 Å². The molecule has 0 aliphatic heterocycles. The second-order valence-electron chi connectivity index (χ2n) is 5.95. The van der Waals surface area contributed by atoms with Gasteiger partial charge in [-0.05, 0) is 56.1 Å². The van der Waals surface area contributed by atoms with Crippen molar-refractivity contribution < 1.29 is 5.11 Å². The van der Waals surface area contributed by atoms with Crippen LogP contribution in [-0.2, 0) is 6.54 Å². The number of hydrogen-bond donors (Lipinski definition) is 3. The van der Waals surface area contributed by atoms with Crippen molar-refractivity contribution in [1.29, 1.82) is 0 Å². The normalized spacial score (nSPS) is 11.0. The first-order valence-electron chi connectivity index (χ1n) is 8.46. The van der Waals surface area contributed by atoms with Gasteiger partial charge in [0, 0.05) is 23.4 Å². The highest BCUT2D eigenvalue weighted by atomic mass is 32.2. The van der Waals surface area contributed by atoms with E-state index in [1.807, 2.05) is 12.1 Å². The summed E-state index contributed by atoms with van der Waals surface area (Å²) >= 11 is 1.59. The number of nitrogens with zero attached hydrogens (tertiary/aromatic N) is 1. The number of aliphatic hydroxyl groups excluding tert-OH is 1. The average Bonchev–Trinajstić information content (AvgIpc) is 2.65. The molecule has 4 nitrogen and oxygen atoms in total. The number of para-hydroxylation sites is 1. The molecule has 1 aromatic heterocycles. The molecule has 3 N–H and O–H groups in total. The van der Waals surface area contributed by atoms with E-state index in [1.165, 1.54) is 10.5 Å². The van der Waals surface area contributed by atoms with Gasteiger partial charge in [-0.1, -0.05) is 35.9 Å². The Morgan fingerprint density at radius 1 is 1.04 bits per heavy atom. The molecule has 0 saturated carbocycles. The van der Waals surface area contributed by atoms with Gasteiger partial charge in [0.1, 0.15) is 0 Å². The number of nitrogens with one attached hydrogen (secondary N) is 2. The molecular weight excluding hydrogens is 330 g/mol. The SMILES string of the molecule is Cc1ccc(SNc2cccc3ccc(CNCCCO)nc23)cc1. The Balaban J connectivity index is 1.73. The van der Waals surface area contributed by atoms with Crippen LogP contribution in [0.3, 0.4) is 0 Å². The minimum absolute atomic E-state index is 0.211. The summed E-state index contributed by atoms with van der Waals surface area (Å²) in [7, 11) is 0. The molecule has 0 atom stereocenters. The first-order valence-corrected chi connectivity index (χ1v) is 9.27. The summed E-state index contributed by atoms with van der Waals surface area (Å²) in [5.74, 6) is 0. The second kappa shape index (κ2) is 8.85. The van der Waals surface area contributed by atoms with Crippen molar-refractivity contribution in [2.24, 2.45) is 0 Å². The molecule has 3 aromatic rings. The highest BCUT2D eigenvalue weighted by Crippen LogP contribution is 2.27. The number of fused-ring (bicyclic) bond motifs is 1. The maximum absolute atomic E-state index is 8.84. The maximum atomic E-state index is 8.84. The molecule has 0 radical (unpaired) electrons. The molecule has 0 aliphatic carbocycles. The van der Waals surface area contributed by atoms with E-state index in [4.69, 9.17) is 10.1 Å². The van der Waals surface area contributed by atoms with Crippen molar-refractivity contribution >= 4 is 28.5 Å². The van der Waals surface area contributed by atoms with Crippen LogP contribution in [0.15, 0.2) is 59.5 Å². The summed E-state index contributed by atoms with van der Waals surface area (Å²) in [6.45, 7) is 3.80. The smallest absolute Gasteiger partial charge is 0.0945 e. The second-order valence-corrected chi connectivity index (χ2v) is 6.83. The third-order valence-electron chi connectivity index (χ3n) is 3.90. The van der Waals surface area contributed by atoms with Gasteiger partial charge in [-0.15, -0.1) is 0 Å². The van der Waals surface area contributed by atoms with Crippen molar-refractivity contribution in [1.82, 2.24) is 10.3 Å². The molecule has 0 unspecified atom stereocenters. The van der Waals surface area contributed by atoms with Crippen molar-refractivity contribution in [2.45, 2.75) is 24.8 Å². The Morgan fingerprint density at radius 3 is 2.68 bits per heavy atom. The van der Waals surface area contributed by atoms with Crippen LogP contribution in [0.1, 0.15) is 17.7 Å². The molecule has 1 heterocycles. The van der Waals surface area contributed by atoms with Gasteiger partial charge in [0.15, 0.2) is 0 Å². The van der Waals surface area contributed by atoms with Crippen LogP contribution in [0.5, 0.6) is 0 Å². The lowest BCUT2D eigenvalue weighted by Gasteiger charge is -2.10. The molecule has 0 spiro atoms. The molecular formula is C20H23N3OS. The van der Waals surface area contributed by atoms with Crippen molar-refractivity contribution in [3.8, 4) is 0 Å². The van der Waals surface area contributed by atoms with E-state index in [0.717, 1.165) is 35.2 Å². The molecule has 0 bridgehead atoms. The molecule has 5 heteroatoms. The first-order chi connectivity index (χ1) is 12.3. The fourth-order valence-corrected chi connectivity index (χ4v) is 3.17. The summed E-state index contributed by atoms with van der Waals surface area (Å²) in [6, 6.07) is 18.8. The number of anilines is 1. The molecule has 0 aliphatic rings. The monoisotopic (exact) mass is 353 g/mol. The van der Waals surface area contributed by atoms with Crippen LogP contribution in [-0.4, -0.2) is 23.2 Å². The van der Waals surface area contributed by atoms with Gasteiger partial charge < -0.3 is 15.1 Å². The van der Waals surface area contributed by atoms with Gasteiger partial charge in [-0.3, -0.25) is 0 Å². The number of aryl methyl sites for hydroxylation is 1. The average molecular weight is 353 g/mol. The Kier molecular flexibility index (Phi) is 6.28. The van der Waals surface area contributed by atoms with Crippen molar-refractivity contribution in [2.75, 3.05) is 17.9 Å².